The number of hydrogen-bond acceptors (Lipinski definition) is 3. The Morgan fingerprint density at radius 3 is 2.33 bits per heavy atom. The lowest BCUT2D eigenvalue weighted by atomic mass is 9.39. The van der Waals surface area contributed by atoms with Crippen molar-refractivity contribution >= 4 is 46.6 Å². The third kappa shape index (κ3) is 4.72. The van der Waals surface area contributed by atoms with E-state index in [9.17, 15) is 14.0 Å². The molecule has 6 atom stereocenters. The molecule has 5 aliphatic carbocycles. The topological polar surface area (TPSA) is 67.4 Å². The maximum atomic E-state index is 13.7. The summed E-state index contributed by atoms with van der Waals surface area (Å²) < 4.78 is 19.2. The van der Waals surface area contributed by atoms with E-state index in [-0.39, 0.29) is 52.7 Å². The molecule has 0 radical (unpaired) electrons. The molecule has 0 aromatic heterocycles. The third-order valence-corrected chi connectivity index (χ3v) is 8.99. The highest BCUT2D eigenvalue weighted by Crippen LogP contribution is 2.67. The van der Waals surface area contributed by atoms with Gasteiger partial charge in [0.25, 0.3) is 0 Å². The number of carbonyl (C=O) groups excluding carboxylic acids is 2. The smallest absolute Gasteiger partial charge is 0.246 e. The number of halogens is 4. The molecular formula is C21H30Cl3FN2O3. The second-order valence-corrected chi connectivity index (χ2v) is 11.5. The summed E-state index contributed by atoms with van der Waals surface area (Å²) >= 11 is 18.3. The number of nitrogens with one attached hydrogen (secondary N) is 2. The fourth-order valence-electron chi connectivity index (χ4n) is 5.65. The number of amides is 2. The number of rotatable bonds is 7. The number of hydrogen-bond donors (Lipinski definition) is 2. The average molecular weight is 484 g/mol. The molecule has 0 aromatic carbocycles. The van der Waals surface area contributed by atoms with Crippen molar-refractivity contribution in [2.24, 2.45) is 11.3 Å². The summed E-state index contributed by atoms with van der Waals surface area (Å²) in [6, 6.07) is 0. The van der Waals surface area contributed by atoms with Gasteiger partial charge < -0.3 is 15.4 Å². The fourth-order valence-corrected chi connectivity index (χ4v) is 6.49. The van der Waals surface area contributed by atoms with Crippen molar-refractivity contribution in [2.45, 2.75) is 91.7 Å². The van der Waals surface area contributed by atoms with Crippen LogP contribution in [0.3, 0.4) is 0 Å². The van der Waals surface area contributed by atoms with E-state index in [1.807, 2.05) is 0 Å². The minimum absolute atomic E-state index is 0.0254. The Bertz CT molecular complexity index is 662. The molecule has 0 aliphatic heterocycles. The van der Waals surface area contributed by atoms with Crippen LogP contribution in [0.15, 0.2) is 0 Å². The van der Waals surface area contributed by atoms with E-state index in [1.54, 1.807) is 0 Å². The van der Waals surface area contributed by atoms with Crippen molar-refractivity contribution in [3.8, 4) is 0 Å². The molecule has 5 fully saturated rings. The first kappa shape index (κ1) is 22.9. The SMILES string of the molecule is O=C(COC1CCC(Cl)C(F)C1)NC12CC(C(=O)NCC3CCC(Cl)C(Cl)C3)(C1)C2. The molecule has 5 aliphatic rings. The van der Waals surface area contributed by atoms with Gasteiger partial charge in [0.05, 0.1) is 22.3 Å². The van der Waals surface area contributed by atoms with Crippen LogP contribution >= 0.6 is 34.8 Å². The van der Waals surface area contributed by atoms with Crippen LogP contribution in [-0.2, 0) is 14.3 Å². The summed E-state index contributed by atoms with van der Waals surface area (Å²) in [4.78, 5) is 24.9. The highest BCUT2D eigenvalue weighted by atomic mass is 35.5. The third-order valence-electron chi connectivity index (χ3n) is 7.36. The van der Waals surface area contributed by atoms with Gasteiger partial charge in [-0.1, -0.05) is 0 Å². The van der Waals surface area contributed by atoms with Gasteiger partial charge in [-0.05, 0) is 57.3 Å². The minimum atomic E-state index is -1.08. The van der Waals surface area contributed by atoms with Gasteiger partial charge in [0.1, 0.15) is 12.8 Å². The quantitative estimate of drug-likeness (QED) is 0.543. The summed E-state index contributed by atoms with van der Waals surface area (Å²) in [6.45, 7) is 0.564. The first-order chi connectivity index (χ1) is 14.2. The predicted octanol–water partition coefficient (Wildman–Crippen LogP) is 3.67. The van der Waals surface area contributed by atoms with Crippen LogP contribution in [0.5, 0.6) is 0 Å². The van der Waals surface area contributed by atoms with Crippen LogP contribution in [-0.4, -0.2) is 58.9 Å². The second-order valence-electron chi connectivity index (χ2n) is 9.84. The Morgan fingerprint density at radius 1 is 0.967 bits per heavy atom. The number of carbonyl (C=O) groups is 2. The molecular weight excluding hydrogens is 454 g/mol. The summed E-state index contributed by atoms with van der Waals surface area (Å²) in [6.07, 6.45) is 4.88. The molecule has 30 heavy (non-hydrogen) atoms. The summed E-state index contributed by atoms with van der Waals surface area (Å²) in [5.74, 6) is 0.265. The minimum Gasteiger partial charge on any atom is -0.368 e. The van der Waals surface area contributed by atoms with Crippen LogP contribution in [0.2, 0.25) is 0 Å². The van der Waals surface area contributed by atoms with E-state index in [0.29, 0.717) is 44.6 Å². The summed E-state index contributed by atoms with van der Waals surface area (Å²) in [7, 11) is 0. The zero-order valence-corrected chi connectivity index (χ0v) is 19.2. The number of alkyl halides is 4. The van der Waals surface area contributed by atoms with Crippen LogP contribution < -0.4 is 10.6 Å². The lowest BCUT2D eigenvalue weighted by Gasteiger charge is -2.69. The molecule has 6 unspecified atom stereocenters. The molecule has 170 valence electrons. The standard InChI is InChI=1S/C21H30Cl3FN2O3/c22-14-3-1-12(5-16(14)24)7-26-19(29)20-9-21(10-20,11-20)27-18(28)8-30-13-2-4-15(23)17(25)6-13/h12-17H,1-11H2,(H,26,29)(H,27,28). The molecule has 5 rings (SSSR count). The van der Waals surface area contributed by atoms with Gasteiger partial charge >= 0.3 is 0 Å². The van der Waals surface area contributed by atoms with Gasteiger partial charge in [0.15, 0.2) is 0 Å². The van der Waals surface area contributed by atoms with Gasteiger partial charge in [-0.3, -0.25) is 9.59 Å². The first-order valence-corrected chi connectivity index (χ1v) is 12.3. The Morgan fingerprint density at radius 2 is 1.67 bits per heavy atom. The molecule has 0 heterocycles. The van der Waals surface area contributed by atoms with Gasteiger partial charge in [-0.25, -0.2) is 4.39 Å². The molecule has 2 N–H and O–H groups in total. The molecule has 2 amide bonds. The zero-order chi connectivity index (χ0) is 21.5. The maximum Gasteiger partial charge on any atom is 0.246 e. The fraction of sp³-hybridized carbons (Fsp3) is 0.905. The van der Waals surface area contributed by atoms with Gasteiger partial charge in [-0.2, -0.15) is 0 Å². The largest absolute Gasteiger partial charge is 0.368 e. The Kier molecular flexibility index (Phi) is 6.80. The van der Waals surface area contributed by atoms with E-state index < -0.39 is 11.5 Å². The molecule has 5 saturated carbocycles. The molecule has 5 nitrogen and oxygen atoms in total. The van der Waals surface area contributed by atoms with Crippen LogP contribution in [0.1, 0.15) is 57.8 Å². The Balaban J connectivity index is 1.13. The van der Waals surface area contributed by atoms with Crippen LogP contribution in [0.25, 0.3) is 0 Å². The van der Waals surface area contributed by atoms with Crippen LogP contribution in [0, 0.1) is 11.3 Å². The van der Waals surface area contributed by atoms with Crippen molar-refractivity contribution in [3.05, 3.63) is 0 Å². The van der Waals surface area contributed by atoms with Crippen molar-refractivity contribution in [3.63, 3.8) is 0 Å². The van der Waals surface area contributed by atoms with E-state index in [1.165, 1.54) is 0 Å². The Hall–Kier alpha value is -0.300. The normalized spacial score (nSPS) is 45.1. The molecule has 0 spiro atoms. The van der Waals surface area contributed by atoms with Gasteiger partial charge in [0.2, 0.25) is 11.8 Å². The predicted molar refractivity (Wildman–Crippen MR) is 115 cm³/mol. The van der Waals surface area contributed by atoms with Crippen molar-refractivity contribution in [1.29, 1.82) is 0 Å². The monoisotopic (exact) mass is 482 g/mol. The van der Waals surface area contributed by atoms with Gasteiger partial charge in [-0.15, -0.1) is 34.8 Å². The van der Waals surface area contributed by atoms with Crippen molar-refractivity contribution in [1.82, 2.24) is 10.6 Å². The lowest BCUT2D eigenvalue weighted by molar-refractivity contribution is -0.185. The van der Waals surface area contributed by atoms with E-state index in [4.69, 9.17) is 39.5 Å². The van der Waals surface area contributed by atoms with Gasteiger partial charge in [0, 0.05) is 23.9 Å². The average Bonchev–Trinajstić information content (AvgIpc) is 2.65. The molecule has 0 saturated heterocycles. The van der Waals surface area contributed by atoms with E-state index >= 15 is 0 Å². The molecule has 2 bridgehead atoms. The molecule has 9 heteroatoms. The zero-order valence-electron chi connectivity index (χ0n) is 17.0. The van der Waals surface area contributed by atoms with Crippen molar-refractivity contribution < 1.29 is 18.7 Å². The van der Waals surface area contributed by atoms with Crippen molar-refractivity contribution in [2.75, 3.05) is 13.2 Å². The summed E-state index contributed by atoms with van der Waals surface area (Å²) in [5.41, 5.74) is -0.607. The lowest BCUT2D eigenvalue weighted by Crippen LogP contribution is -2.78. The Labute approximate surface area is 192 Å². The van der Waals surface area contributed by atoms with E-state index in [2.05, 4.69) is 10.6 Å². The maximum absolute atomic E-state index is 13.7. The van der Waals surface area contributed by atoms with E-state index in [0.717, 1.165) is 19.3 Å². The second kappa shape index (κ2) is 8.92. The highest BCUT2D eigenvalue weighted by molar-refractivity contribution is 6.30. The first-order valence-electron chi connectivity index (χ1n) is 11.0. The van der Waals surface area contributed by atoms with Crippen LogP contribution in [0.4, 0.5) is 4.39 Å². The summed E-state index contributed by atoms with van der Waals surface area (Å²) in [5, 5.41) is 5.65. The number of ether oxygens (including phenoxy) is 1. The highest BCUT2D eigenvalue weighted by Gasteiger charge is 2.72. The molecule has 0 aromatic rings.